The molecule has 0 bridgehead atoms. The molecule has 0 unspecified atom stereocenters. The van der Waals surface area contributed by atoms with Gasteiger partial charge < -0.3 is 10.1 Å². The van der Waals surface area contributed by atoms with Crippen LogP contribution >= 0.6 is 0 Å². The Bertz CT molecular complexity index is 623. The van der Waals surface area contributed by atoms with Crippen LogP contribution in [0.5, 0.6) is 0 Å². The molecule has 0 heterocycles. The average Bonchev–Trinajstić information content (AvgIpc) is 2.57. The number of hydrogen-bond donors (Lipinski definition) is 1. The van der Waals surface area contributed by atoms with E-state index in [1.165, 1.54) is 10.8 Å². The quantitative estimate of drug-likeness (QED) is 0.696. The van der Waals surface area contributed by atoms with E-state index in [2.05, 4.69) is 28.3 Å². The van der Waals surface area contributed by atoms with E-state index in [4.69, 9.17) is 0 Å². The molecule has 0 aliphatic heterocycles. The molecule has 0 radical (unpaired) electrons. The van der Waals surface area contributed by atoms with Gasteiger partial charge in [0, 0.05) is 7.97 Å². The Morgan fingerprint density at radius 2 is 1.77 bits per heavy atom. The zero-order valence-electron chi connectivity index (χ0n) is 13.4. The number of rotatable bonds is 4. The van der Waals surface area contributed by atoms with Crippen LogP contribution < -0.4 is 5.32 Å². The van der Waals surface area contributed by atoms with Crippen LogP contribution in [0.25, 0.3) is 10.8 Å². The van der Waals surface area contributed by atoms with Gasteiger partial charge in [-0.2, -0.15) is 0 Å². The van der Waals surface area contributed by atoms with Gasteiger partial charge >= 0.3 is 11.9 Å². The van der Waals surface area contributed by atoms with Gasteiger partial charge in [-0.15, -0.1) is 0 Å². The summed E-state index contributed by atoms with van der Waals surface area (Å²) in [6, 6.07) is 14.2. The lowest BCUT2D eigenvalue weighted by molar-refractivity contribution is -0.154. The summed E-state index contributed by atoms with van der Waals surface area (Å²) >= 11 is 0. The number of esters is 1. The number of carbonyl (C=O) groups is 2. The van der Waals surface area contributed by atoms with E-state index in [1.807, 2.05) is 38.1 Å². The fraction of sp³-hybridized carbons (Fsp3) is 0.333. The second-order valence-corrected chi connectivity index (χ2v) is 4.36. The van der Waals surface area contributed by atoms with Crippen LogP contribution in [0.15, 0.2) is 42.5 Å². The lowest BCUT2D eigenvalue weighted by Crippen LogP contribution is -2.33. The van der Waals surface area contributed by atoms with Crippen LogP contribution in [0.4, 0.5) is 0 Å². The number of fused-ring (bicyclic) bond motifs is 1. The van der Waals surface area contributed by atoms with Crippen LogP contribution in [0.1, 0.15) is 27.8 Å². The van der Waals surface area contributed by atoms with Crippen molar-refractivity contribution in [1.29, 1.82) is 0 Å². The summed E-state index contributed by atoms with van der Waals surface area (Å²) in [5, 5.41) is 4.90. The first-order chi connectivity index (χ1) is 10.7. The first-order valence-corrected chi connectivity index (χ1v) is 7.64. The normalized spacial score (nSPS) is 9.59. The molecule has 0 aliphatic rings. The highest BCUT2D eigenvalue weighted by Crippen LogP contribution is 2.18. The Morgan fingerprint density at radius 3 is 2.50 bits per heavy atom. The summed E-state index contributed by atoms with van der Waals surface area (Å²) in [7, 11) is 0. The van der Waals surface area contributed by atoms with Crippen LogP contribution in [0.3, 0.4) is 0 Å². The number of hydrogen-bond acceptors (Lipinski definition) is 3. The molecular formula is C18H25NO3. The summed E-state index contributed by atoms with van der Waals surface area (Å²) in [6.45, 7) is 6.28. The minimum absolute atomic E-state index is 0. The summed E-state index contributed by atoms with van der Waals surface area (Å²) in [5.74, 6) is -1.52. The minimum Gasteiger partial charge on any atom is -0.459 e. The molecule has 0 saturated carbocycles. The van der Waals surface area contributed by atoms with Crippen molar-refractivity contribution in [2.75, 3.05) is 13.2 Å². The van der Waals surface area contributed by atoms with Gasteiger partial charge in [-0.05, 0) is 29.7 Å². The van der Waals surface area contributed by atoms with Crippen molar-refractivity contribution in [2.45, 2.75) is 27.2 Å². The second-order valence-electron chi connectivity index (χ2n) is 4.36. The SMILES string of the molecule is CC.CCOC(=O)C(=O)NCCc1cccc2ccccc12.[HH]. The van der Waals surface area contributed by atoms with E-state index in [-0.39, 0.29) is 8.03 Å². The Labute approximate surface area is 133 Å². The smallest absolute Gasteiger partial charge is 0.396 e. The summed E-state index contributed by atoms with van der Waals surface area (Å²) in [5.41, 5.74) is 1.15. The van der Waals surface area contributed by atoms with Crippen LogP contribution in [-0.4, -0.2) is 25.0 Å². The van der Waals surface area contributed by atoms with Gasteiger partial charge in [0.15, 0.2) is 0 Å². The van der Waals surface area contributed by atoms with Gasteiger partial charge in [-0.1, -0.05) is 56.3 Å². The van der Waals surface area contributed by atoms with Crippen molar-refractivity contribution in [3.63, 3.8) is 0 Å². The van der Waals surface area contributed by atoms with Crippen LogP contribution in [-0.2, 0) is 20.7 Å². The first-order valence-electron chi connectivity index (χ1n) is 7.64. The summed E-state index contributed by atoms with van der Waals surface area (Å²) in [6.07, 6.45) is 0.673. The number of amides is 1. The van der Waals surface area contributed by atoms with Crippen molar-refractivity contribution < 1.29 is 15.8 Å². The molecule has 0 aromatic heterocycles. The van der Waals surface area contributed by atoms with Crippen molar-refractivity contribution >= 4 is 22.6 Å². The Balaban J connectivity index is 0.00000155. The van der Waals surface area contributed by atoms with Gasteiger partial charge in [0.25, 0.3) is 0 Å². The Kier molecular flexibility index (Phi) is 7.68. The summed E-state index contributed by atoms with van der Waals surface area (Å²) in [4.78, 5) is 22.6. The molecule has 4 nitrogen and oxygen atoms in total. The van der Waals surface area contributed by atoms with Crippen molar-refractivity contribution in [3.8, 4) is 0 Å². The third-order valence-electron chi connectivity index (χ3n) is 3.02. The molecule has 0 saturated heterocycles. The molecule has 0 aliphatic carbocycles. The number of carbonyl (C=O) groups excluding carboxylic acids is 2. The van der Waals surface area contributed by atoms with Gasteiger partial charge in [0.1, 0.15) is 0 Å². The number of nitrogens with one attached hydrogen (secondary N) is 1. The molecule has 2 aromatic carbocycles. The molecule has 4 heteroatoms. The average molecular weight is 303 g/mol. The summed E-state index contributed by atoms with van der Waals surface area (Å²) < 4.78 is 4.63. The van der Waals surface area contributed by atoms with Gasteiger partial charge in [-0.25, -0.2) is 4.79 Å². The molecule has 2 rings (SSSR count). The third-order valence-corrected chi connectivity index (χ3v) is 3.02. The highest BCUT2D eigenvalue weighted by molar-refractivity contribution is 6.32. The second kappa shape index (κ2) is 9.55. The molecule has 1 N–H and O–H groups in total. The minimum atomic E-state index is -0.828. The van der Waals surface area contributed by atoms with E-state index >= 15 is 0 Å². The van der Waals surface area contributed by atoms with E-state index in [0.717, 1.165) is 5.56 Å². The van der Waals surface area contributed by atoms with Crippen molar-refractivity contribution in [1.82, 2.24) is 5.32 Å². The molecule has 0 fully saturated rings. The molecule has 120 valence electrons. The van der Waals surface area contributed by atoms with Gasteiger partial charge in [-0.3, -0.25) is 4.79 Å². The highest BCUT2D eigenvalue weighted by Gasteiger charge is 2.13. The standard InChI is InChI=1S/C16H17NO3.C2H6.H2/c1-2-20-16(19)15(18)17-11-10-13-8-5-7-12-6-3-4-9-14(12)13;1-2;/h3-9H,2,10-11H2,1H3,(H,17,18);1-2H3;1H. The topological polar surface area (TPSA) is 55.4 Å². The van der Waals surface area contributed by atoms with E-state index in [0.29, 0.717) is 13.0 Å². The van der Waals surface area contributed by atoms with E-state index in [9.17, 15) is 9.59 Å². The monoisotopic (exact) mass is 303 g/mol. The van der Waals surface area contributed by atoms with Gasteiger partial charge in [0.05, 0.1) is 6.61 Å². The number of benzene rings is 2. The lowest BCUT2D eigenvalue weighted by Gasteiger charge is -2.07. The Hall–Kier alpha value is -2.36. The van der Waals surface area contributed by atoms with Crippen molar-refractivity contribution in [2.24, 2.45) is 0 Å². The van der Waals surface area contributed by atoms with E-state index in [1.54, 1.807) is 6.92 Å². The van der Waals surface area contributed by atoms with E-state index < -0.39 is 11.9 Å². The van der Waals surface area contributed by atoms with Crippen LogP contribution in [0.2, 0.25) is 0 Å². The molecule has 0 atom stereocenters. The predicted molar refractivity (Wildman–Crippen MR) is 90.8 cm³/mol. The fourth-order valence-corrected chi connectivity index (χ4v) is 2.09. The predicted octanol–water partition coefficient (Wildman–Crippen LogP) is 3.33. The fourth-order valence-electron chi connectivity index (χ4n) is 2.09. The zero-order chi connectivity index (χ0) is 16.4. The number of ether oxygens (including phenoxy) is 1. The molecule has 22 heavy (non-hydrogen) atoms. The Morgan fingerprint density at radius 1 is 1.09 bits per heavy atom. The van der Waals surface area contributed by atoms with Crippen molar-refractivity contribution in [3.05, 3.63) is 48.0 Å². The molecular weight excluding hydrogens is 278 g/mol. The maximum Gasteiger partial charge on any atom is 0.396 e. The molecule has 0 spiro atoms. The molecule has 2 aromatic rings. The largest absolute Gasteiger partial charge is 0.459 e. The molecule has 1 amide bonds. The maximum absolute atomic E-state index is 11.4. The maximum atomic E-state index is 11.4. The van der Waals surface area contributed by atoms with Crippen LogP contribution in [0, 0.1) is 0 Å². The first kappa shape index (κ1) is 17.7. The lowest BCUT2D eigenvalue weighted by atomic mass is 10.0. The highest BCUT2D eigenvalue weighted by atomic mass is 16.5. The third kappa shape index (κ3) is 4.88. The zero-order valence-corrected chi connectivity index (χ0v) is 13.4. The van der Waals surface area contributed by atoms with Gasteiger partial charge in [0.2, 0.25) is 0 Å².